The quantitative estimate of drug-likeness (QED) is 0.368. The van der Waals surface area contributed by atoms with Gasteiger partial charge in [0.2, 0.25) is 11.7 Å². The minimum atomic E-state index is -0.741. The fourth-order valence-corrected chi connectivity index (χ4v) is 4.99. The molecule has 0 unspecified atom stereocenters. The van der Waals surface area contributed by atoms with E-state index in [-0.39, 0.29) is 51.4 Å². The Morgan fingerprint density at radius 2 is 2.03 bits per heavy atom. The number of rotatable bonds is 5. The van der Waals surface area contributed by atoms with Gasteiger partial charge in [-0.05, 0) is 36.4 Å². The van der Waals surface area contributed by atoms with Crippen molar-refractivity contribution in [2.75, 3.05) is 24.5 Å². The maximum absolute atomic E-state index is 14.9. The summed E-state index contributed by atoms with van der Waals surface area (Å²) in [6.45, 7) is 10.3. The lowest BCUT2D eigenvalue weighted by Gasteiger charge is -2.40. The van der Waals surface area contributed by atoms with Crippen LogP contribution < -0.4 is 10.6 Å². The van der Waals surface area contributed by atoms with Gasteiger partial charge in [-0.3, -0.25) is 4.79 Å². The summed E-state index contributed by atoms with van der Waals surface area (Å²) in [5, 5.41) is 18.7. The van der Waals surface area contributed by atoms with Gasteiger partial charge >= 0.3 is 5.69 Å². The Hall–Kier alpha value is -4.32. The van der Waals surface area contributed by atoms with Crippen molar-refractivity contribution in [2.24, 2.45) is 0 Å². The van der Waals surface area contributed by atoms with Crippen molar-refractivity contribution in [3.05, 3.63) is 63.9 Å². The minimum Gasteiger partial charge on any atom is -0.507 e. The van der Waals surface area contributed by atoms with Crippen LogP contribution in [0.5, 0.6) is 5.75 Å². The van der Waals surface area contributed by atoms with Crippen LogP contribution in [0.15, 0.2) is 46.3 Å². The number of hydrogen-bond acceptors (Lipinski definition) is 9. The van der Waals surface area contributed by atoms with E-state index in [9.17, 15) is 19.1 Å². The molecule has 5 rings (SSSR count). The Balaban J connectivity index is 1.78. The molecule has 0 radical (unpaired) electrons. The third-order valence-electron chi connectivity index (χ3n) is 6.67. The first-order valence-electron chi connectivity index (χ1n) is 12.2. The van der Waals surface area contributed by atoms with Crippen molar-refractivity contribution in [3.63, 3.8) is 0 Å². The Kier molecular flexibility index (Phi) is 6.81. The second-order valence-corrected chi connectivity index (χ2v) is 9.94. The third kappa shape index (κ3) is 4.50. The number of carbonyl (C=O) groups is 1. The average molecular weight is 554 g/mol. The first kappa shape index (κ1) is 26.3. The molecular weight excluding hydrogens is 529 g/mol. The second kappa shape index (κ2) is 10.1. The van der Waals surface area contributed by atoms with E-state index in [0.717, 1.165) is 4.57 Å². The van der Waals surface area contributed by atoms with Crippen LogP contribution in [0.2, 0.25) is 5.02 Å². The van der Waals surface area contributed by atoms with E-state index in [1.165, 1.54) is 30.3 Å². The number of phenols is 1. The molecule has 0 spiro atoms. The Morgan fingerprint density at radius 3 is 2.69 bits per heavy atom. The maximum Gasteiger partial charge on any atom is 0.357 e. The van der Waals surface area contributed by atoms with Crippen LogP contribution in [-0.2, 0) is 4.79 Å². The molecule has 4 heterocycles. The zero-order valence-corrected chi connectivity index (χ0v) is 22.2. The molecule has 1 aliphatic rings. The van der Waals surface area contributed by atoms with Gasteiger partial charge in [0.05, 0.1) is 21.7 Å². The maximum atomic E-state index is 14.9. The zero-order chi connectivity index (χ0) is 28.0. The number of piperazine rings is 1. The largest absolute Gasteiger partial charge is 0.507 e. The molecule has 1 saturated heterocycles. The molecule has 1 aromatic carbocycles. The number of amides is 1. The van der Waals surface area contributed by atoms with Gasteiger partial charge in [0, 0.05) is 31.6 Å². The molecule has 13 heteroatoms. The minimum absolute atomic E-state index is 0.0339. The van der Waals surface area contributed by atoms with Crippen molar-refractivity contribution < 1.29 is 18.9 Å². The average Bonchev–Trinajstić information content (AvgIpc) is 3.38. The number of aromatic hydroxyl groups is 1. The number of benzene rings is 1. The van der Waals surface area contributed by atoms with E-state index in [4.69, 9.17) is 16.2 Å². The highest BCUT2D eigenvalue weighted by molar-refractivity contribution is 6.34. The van der Waals surface area contributed by atoms with Gasteiger partial charge in [0.1, 0.15) is 23.1 Å². The molecule has 0 bridgehead atoms. The number of hydrogen-bond donors (Lipinski definition) is 1. The van der Waals surface area contributed by atoms with Gasteiger partial charge in [0.15, 0.2) is 5.65 Å². The van der Waals surface area contributed by atoms with Crippen molar-refractivity contribution in [3.8, 4) is 22.8 Å². The van der Waals surface area contributed by atoms with E-state index >= 15 is 0 Å². The summed E-state index contributed by atoms with van der Waals surface area (Å²) in [4.78, 5) is 38.3. The summed E-state index contributed by atoms with van der Waals surface area (Å²) >= 11 is 6.63. The summed E-state index contributed by atoms with van der Waals surface area (Å²) in [6, 6.07) is 5.15. The van der Waals surface area contributed by atoms with E-state index in [1.807, 2.05) is 25.7 Å². The van der Waals surface area contributed by atoms with Crippen LogP contribution in [0.3, 0.4) is 0 Å². The summed E-state index contributed by atoms with van der Waals surface area (Å²) < 4.78 is 21.0. The molecule has 1 aliphatic heterocycles. The Morgan fingerprint density at radius 1 is 1.26 bits per heavy atom. The van der Waals surface area contributed by atoms with Crippen LogP contribution in [0, 0.1) is 5.82 Å². The zero-order valence-electron chi connectivity index (χ0n) is 21.4. The molecule has 39 heavy (non-hydrogen) atoms. The molecular formula is C26H25ClFN7O4. The van der Waals surface area contributed by atoms with Gasteiger partial charge in [-0.15, -0.1) is 0 Å². The van der Waals surface area contributed by atoms with E-state index < -0.39 is 11.5 Å². The molecule has 11 nitrogen and oxygen atoms in total. The van der Waals surface area contributed by atoms with Crippen molar-refractivity contribution >= 4 is 34.4 Å². The second-order valence-electron chi connectivity index (χ2n) is 9.54. The lowest BCUT2D eigenvalue weighted by atomic mass is 10.1. The molecule has 1 fully saturated rings. The number of pyridine rings is 1. The molecule has 3 aromatic heterocycles. The molecule has 1 atom stereocenters. The fraction of sp³-hybridized carbons (Fsp3) is 0.308. The summed E-state index contributed by atoms with van der Waals surface area (Å²) in [5.41, 5.74) is -0.534. The van der Waals surface area contributed by atoms with Crippen molar-refractivity contribution in [1.82, 2.24) is 29.7 Å². The molecule has 202 valence electrons. The number of nitrogens with zero attached hydrogens (tertiary/aromatic N) is 7. The highest BCUT2D eigenvalue weighted by atomic mass is 35.5. The molecule has 1 amide bonds. The normalized spacial score (nSPS) is 15.8. The first-order valence-corrected chi connectivity index (χ1v) is 12.6. The van der Waals surface area contributed by atoms with Gasteiger partial charge in [-0.25, -0.2) is 23.4 Å². The predicted molar refractivity (Wildman–Crippen MR) is 143 cm³/mol. The number of carbonyl (C=O) groups excluding carboxylic acids is 1. The lowest BCUT2D eigenvalue weighted by Crippen LogP contribution is -2.54. The lowest BCUT2D eigenvalue weighted by molar-refractivity contribution is -0.126. The topological polar surface area (TPSA) is 130 Å². The first-order chi connectivity index (χ1) is 18.6. The smallest absolute Gasteiger partial charge is 0.357 e. The predicted octanol–water partition coefficient (Wildman–Crippen LogP) is 3.68. The number of phenolic OH excluding ortho intramolecular Hbond substituents is 1. The van der Waals surface area contributed by atoms with Crippen LogP contribution in [0.1, 0.15) is 32.4 Å². The van der Waals surface area contributed by atoms with Crippen LogP contribution >= 0.6 is 11.6 Å². The highest BCUT2D eigenvalue weighted by Gasteiger charge is 2.31. The molecule has 0 aliphatic carbocycles. The van der Waals surface area contributed by atoms with Gasteiger partial charge in [-0.2, -0.15) is 4.98 Å². The van der Waals surface area contributed by atoms with Gasteiger partial charge in [-0.1, -0.05) is 43.3 Å². The summed E-state index contributed by atoms with van der Waals surface area (Å²) in [7, 11) is 0. The number of anilines is 1. The van der Waals surface area contributed by atoms with Gasteiger partial charge in [0.25, 0.3) is 0 Å². The molecule has 1 N–H and O–H groups in total. The molecule has 0 saturated carbocycles. The van der Waals surface area contributed by atoms with Crippen molar-refractivity contribution in [2.45, 2.75) is 32.7 Å². The van der Waals surface area contributed by atoms with E-state index in [2.05, 4.69) is 26.9 Å². The Labute approximate surface area is 227 Å². The number of aromatic nitrogens is 5. The van der Waals surface area contributed by atoms with Crippen LogP contribution in [0.4, 0.5) is 10.2 Å². The molecule has 4 aromatic rings. The third-order valence-corrected chi connectivity index (χ3v) is 6.96. The number of halogens is 2. The SMILES string of the molecule is C=CC(=O)N1CCN(c2nc(=O)n(-c3nonc3C(C)C)c3nc(-c4c(O)cccc4F)c(Cl)cc23)[C@@H](C)C1. The van der Waals surface area contributed by atoms with Crippen LogP contribution in [0.25, 0.3) is 28.1 Å². The van der Waals surface area contributed by atoms with Crippen LogP contribution in [-0.4, -0.2) is 66.4 Å². The Bertz CT molecular complexity index is 1650. The fourth-order valence-electron chi connectivity index (χ4n) is 4.75. The summed E-state index contributed by atoms with van der Waals surface area (Å²) in [5.74, 6) is -1.07. The number of fused-ring (bicyclic) bond motifs is 1. The van der Waals surface area contributed by atoms with Crippen molar-refractivity contribution in [1.29, 1.82) is 0 Å². The standard InChI is InChI=1S/C26H25ClFN7O4/c1-5-19(37)33-9-10-34(14(4)12-33)23-15-11-16(27)22(20-17(28)7-6-8-18(20)36)29-24(15)35(26(38)30-23)25-21(13(2)3)31-39-32-25/h5-8,11,13-14,36H,1,9-10,12H2,2-4H3/t14-/m0/s1. The van der Waals surface area contributed by atoms with Gasteiger partial charge < -0.3 is 14.9 Å². The van der Waals surface area contributed by atoms with E-state index in [1.54, 1.807) is 4.90 Å². The van der Waals surface area contributed by atoms with E-state index in [0.29, 0.717) is 36.5 Å². The summed E-state index contributed by atoms with van der Waals surface area (Å²) in [6.07, 6.45) is 1.26. The monoisotopic (exact) mass is 553 g/mol. The highest BCUT2D eigenvalue weighted by Crippen LogP contribution is 2.38.